The Kier molecular flexibility index (Phi) is 3.56. The monoisotopic (exact) mass is 259 g/mol. The summed E-state index contributed by atoms with van der Waals surface area (Å²) in [5, 5.41) is 12.6. The highest BCUT2D eigenvalue weighted by Gasteiger charge is 2.38. The first-order chi connectivity index (χ1) is 9.24. The van der Waals surface area contributed by atoms with E-state index < -0.39 is 5.97 Å². The zero-order chi connectivity index (χ0) is 13.2. The van der Waals surface area contributed by atoms with Gasteiger partial charge in [-0.25, -0.2) is 4.79 Å². The van der Waals surface area contributed by atoms with Gasteiger partial charge < -0.3 is 10.4 Å². The van der Waals surface area contributed by atoms with Crippen LogP contribution in [0.5, 0.6) is 0 Å². The Balaban J connectivity index is 1.56. The van der Waals surface area contributed by atoms with Crippen LogP contribution in [0, 0.1) is 11.8 Å². The Morgan fingerprint density at radius 1 is 1.16 bits per heavy atom. The predicted molar refractivity (Wildman–Crippen MR) is 74.1 cm³/mol. The highest BCUT2D eigenvalue weighted by molar-refractivity contribution is 5.87. The lowest BCUT2D eigenvalue weighted by molar-refractivity contribution is 0.0697. The van der Waals surface area contributed by atoms with Gasteiger partial charge in [0.15, 0.2) is 0 Å². The highest BCUT2D eigenvalue weighted by Crippen LogP contribution is 2.42. The average Bonchev–Trinajstić information content (AvgIpc) is 3.16. The molecule has 3 rings (SSSR count). The lowest BCUT2D eigenvalue weighted by Crippen LogP contribution is -2.40. The van der Waals surface area contributed by atoms with Crippen LogP contribution in [0.1, 0.15) is 48.0 Å². The van der Waals surface area contributed by atoms with Crippen molar-refractivity contribution in [3.8, 4) is 0 Å². The number of rotatable bonds is 6. The molecule has 0 saturated heterocycles. The lowest BCUT2D eigenvalue weighted by atomic mass is 9.78. The van der Waals surface area contributed by atoms with E-state index in [1.165, 1.54) is 37.7 Å². The van der Waals surface area contributed by atoms with Crippen LogP contribution in [0.4, 0.5) is 0 Å². The maximum absolute atomic E-state index is 10.8. The second-order valence-corrected chi connectivity index (χ2v) is 5.94. The topological polar surface area (TPSA) is 49.3 Å². The maximum Gasteiger partial charge on any atom is 0.335 e. The summed E-state index contributed by atoms with van der Waals surface area (Å²) in [5.74, 6) is 0.916. The minimum atomic E-state index is -0.857. The first-order valence-electron chi connectivity index (χ1n) is 7.29. The van der Waals surface area contributed by atoms with Crippen LogP contribution in [0.2, 0.25) is 0 Å². The zero-order valence-electron chi connectivity index (χ0n) is 11.1. The van der Waals surface area contributed by atoms with Gasteiger partial charge in [-0.05, 0) is 55.2 Å². The van der Waals surface area contributed by atoms with Gasteiger partial charge in [-0.2, -0.15) is 0 Å². The van der Waals surface area contributed by atoms with Crippen LogP contribution >= 0.6 is 0 Å². The number of aromatic carboxylic acids is 1. The quantitative estimate of drug-likeness (QED) is 0.825. The second kappa shape index (κ2) is 5.33. The molecule has 2 N–H and O–H groups in total. The van der Waals surface area contributed by atoms with Crippen LogP contribution in [0.15, 0.2) is 24.3 Å². The van der Waals surface area contributed by atoms with Crippen molar-refractivity contribution in [1.82, 2.24) is 5.32 Å². The van der Waals surface area contributed by atoms with E-state index in [-0.39, 0.29) is 0 Å². The summed E-state index contributed by atoms with van der Waals surface area (Å²) in [6.07, 6.45) is 6.92. The molecule has 3 nitrogen and oxygen atoms in total. The van der Waals surface area contributed by atoms with Crippen molar-refractivity contribution in [1.29, 1.82) is 0 Å². The van der Waals surface area contributed by atoms with E-state index in [9.17, 15) is 4.79 Å². The van der Waals surface area contributed by atoms with E-state index in [4.69, 9.17) is 5.11 Å². The van der Waals surface area contributed by atoms with Gasteiger partial charge in [-0.3, -0.25) is 0 Å². The molecule has 2 fully saturated rings. The normalized spacial score (nSPS) is 20.8. The summed E-state index contributed by atoms with van der Waals surface area (Å²) in [7, 11) is 0. The molecule has 0 amide bonds. The molecule has 1 aromatic rings. The molecule has 0 radical (unpaired) electrons. The molecule has 2 saturated carbocycles. The highest BCUT2D eigenvalue weighted by atomic mass is 16.4. The molecule has 1 atom stereocenters. The van der Waals surface area contributed by atoms with Gasteiger partial charge in [-0.15, -0.1) is 0 Å². The van der Waals surface area contributed by atoms with Gasteiger partial charge in [0.2, 0.25) is 0 Å². The number of nitrogens with one attached hydrogen (secondary N) is 1. The largest absolute Gasteiger partial charge is 0.478 e. The summed E-state index contributed by atoms with van der Waals surface area (Å²) in [5.41, 5.74) is 1.54. The van der Waals surface area contributed by atoms with Gasteiger partial charge in [0.1, 0.15) is 0 Å². The van der Waals surface area contributed by atoms with Crippen molar-refractivity contribution >= 4 is 5.97 Å². The van der Waals surface area contributed by atoms with Gasteiger partial charge in [-0.1, -0.05) is 18.6 Å². The molecular formula is C16H21NO2. The van der Waals surface area contributed by atoms with Crippen LogP contribution in [-0.4, -0.2) is 17.1 Å². The number of hydrogen-bond acceptors (Lipinski definition) is 2. The van der Waals surface area contributed by atoms with Crippen molar-refractivity contribution in [2.24, 2.45) is 11.8 Å². The number of hydrogen-bond donors (Lipinski definition) is 2. The summed E-state index contributed by atoms with van der Waals surface area (Å²) in [6, 6.07) is 7.90. The van der Waals surface area contributed by atoms with Crippen molar-refractivity contribution in [3.63, 3.8) is 0 Å². The Hall–Kier alpha value is -1.35. The van der Waals surface area contributed by atoms with E-state index in [1.54, 1.807) is 12.1 Å². The van der Waals surface area contributed by atoms with Crippen molar-refractivity contribution in [2.45, 2.75) is 44.7 Å². The fourth-order valence-electron chi connectivity index (χ4n) is 2.97. The molecule has 0 aromatic heterocycles. The maximum atomic E-state index is 10.8. The first kappa shape index (κ1) is 12.7. The van der Waals surface area contributed by atoms with Gasteiger partial charge in [0.25, 0.3) is 0 Å². The summed E-state index contributed by atoms with van der Waals surface area (Å²) < 4.78 is 0. The van der Waals surface area contributed by atoms with Crippen molar-refractivity contribution < 1.29 is 9.90 Å². The van der Waals surface area contributed by atoms with Gasteiger partial charge in [0.05, 0.1) is 5.56 Å². The lowest BCUT2D eigenvalue weighted by Gasteiger charge is -2.34. The molecule has 0 bridgehead atoms. The van der Waals surface area contributed by atoms with Crippen molar-refractivity contribution in [2.75, 3.05) is 0 Å². The minimum Gasteiger partial charge on any atom is -0.478 e. The third-order valence-electron chi connectivity index (χ3n) is 4.53. The van der Waals surface area contributed by atoms with Crippen molar-refractivity contribution in [3.05, 3.63) is 35.4 Å². The Labute approximate surface area is 114 Å². The van der Waals surface area contributed by atoms with E-state index in [0.717, 1.165) is 18.4 Å². The van der Waals surface area contributed by atoms with E-state index in [2.05, 4.69) is 5.32 Å². The number of carboxylic acids is 1. The molecule has 0 spiro atoms. The van der Waals surface area contributed by atoms with E-state index in [0.29, 0.717) is 11.6 Å². The molecule has 0 aliphatic heterocycles. The molecule has 3 heteroatoms. The summed E-state index contributed by atoms with van der Waals surface area (Å²) in [6.45, 7) is 0.859. The Morgan fingerprint density at radius 2 is 1.79 bits per heavy atom. The molecule has 19 heavy (non-hydrogen) atoms. The van der Waals surface area contributed by atoms with Crippen LogP contribution < -0.4 is 5.32 Å². The molecule has 102 valence electrons. The Bertz CT molecular complexity index is 446. The number of carboxylic acid groups (broad SMARTS) is 1. The second-order valence-electron chi connectivity index (χ2n) is 5.94. The van der Waals surface area contributed by atoms with Gasteiger partial charge in [0, 0.05) is 12.6 Å². The molecule has 2 aliphatic carbocycles. The number of carbonyl (C=O) groups is 1. The molecule has 1 unspecified atom stereocenters. The molecule has 0 heterocycles. The van der Waals surface area contributed by atoms with Crippen LogP contribution in [0.25, 0.3) is 0 Å². The fraction of sp³-hybridized carbons (Fsp3) is 0.562. The summed E-state index contributed by atoms with van der Waals surface area (Å²) in [4.78, 5) is 10.8. The molecular weight excluding hydrogens is 238 g/mol. The minimum absolute atomic E-state index is 0.362. The third-order valence-corrected chi connectivity index (χ3v) is 4.53. The molecule has 2 aliphatic rings. The van der Waals surface area contributed by atoms with E-state index in [1.807, 2.05) is 12.1 Å². The fourth-order valence-corrected chi connectivity index (χ4v) is 2.97. The third kappa shape index (κ3) is 2.98. The average molecular weight is 259 g/mol. The van der Waals surface area contributed by atoms with Gasteiger partial charge >= 0.3 is 5.97 Å². The summed E-state index contributed by atoms with van der Waals surface area (Å²) >= 11 is 0. The smallest absolute Gasteiger partial charge is 0.335 e. The van der Waals surface area contributed by atoms with E-state index >= 15 is 0 Å². The standard InChI is InChI=1S/C16H21NO2/c18-16(19)14-6-4-11(5-7-14)10-17-15(13-8-9-13)12-2-1-3-12/h4-7,12-13,15,17H,1-3,8-10H2,(H,18,19). The predicted octanol–water partition coefficient (Wildman–Crippen LogP) is 3.05. The van der Waals surface area contributed by atoms with Crippen LogP contribution in [0.3, 0.4) is 0 Å². The Morgan fingerprint density at radius 3 is 2.26 bits per heavy atom. The van der Waals surface area contributed by atoms with Crippen LogP contribution in [-0.2, 0) is 6.54 Å². The number of benzene rings is 1. The SMILES string of the molecule is O=C(O)c1ccc(CNC(C2CCC2)C2CC2)cc1. The molecule has 1 aromatic carbocycles. The zero-order valence-corrected chi connectivity index (χ0v) is 11.1. The first-order valence-corrected chi connectivity index (χ1v) is 7.29.